The van der Waals surface area contributed by atoms with E-state index in [4.69, 9.17) is 10.7 Å². The van der Waals surface area contributed by atoms with Crippen molar-refractivity contribution in [1.82, 2.24) is 14.3 Å². The van der Waals surface area contributed by atoms with E-state index < -0.39 is 6.04 Å². The molecule has 2 aromatic carbocycles. The zero-order valence-electron chi connectivity index (χ0n) is 21.1. The van der Waals surface area contributed by atoms with Crippen molar-refractivity contribution in [2.45, 2.75) is 25.8 Å². The SMILES string of the molecule is C=CCC(c1nc2ccccn2c(=O)c1Cc1ccccc1)N(CC(=C)CN)C(=O)c1ccc(C)cc1. The first-order valence-electron chi connectivity index (χ1n) is 12.3. The summed E-state index contributed by atoms with van der Waals surface area (Å²) in [5.74, 6) is -0.179. The van der Waals surface area contributed by atoms with E-state index in [1.165, 1.54) is 0 Å². The lowest BCUT2D eigenvalue weighted by atomic mass is 9.96. The zero-order valence-corrected chi connectivity index (χ0v) is 21.1. The molecule has 1 atom stereocenters. The summed E-state index contributed by atoms with van der Waals surface area (Å²) in [6, 6.07) is 22.2. The van der Waals surface area contributed by atoms with Gasteiger partial charge in [-0.05, 0) is 48.7 Å². The summed E-state index contributed by atoms with van der Waals surface area (Å²) in [5, 5.41) is 0. The van der Waals surface area contributed by atoms with Gasteiger partial charge in [-0.1, -0.05) is 66.7 Å². The molecule has 4 aromatic rings. The third-order valence-electron chi connectivity index (χ3n) is 6.41. The van der Waals surface area contributed by atoms with E-state index in [-0.39, 0.29) is 24.6 Å². The van der Waals surface area contributed by atoms with Crippen LogP contribution in [0.5, 0.6) is 0 Å². The highest BCUT2D eigenvalue weighted by atomic mass is 16.2. The van der Waals surface area contributed by atoms with Gasteiger partial charge in [0.15, 0.2) is 0 Å². The van der Waals surface area contributed by atoms with E-state index >= 15 is 0 Å². The molecule has 0 radical (unpaired) electrons. The minimum Gasteiger partial charge on any atom is -0.327 e. The first kappa shape index (κ1) is 25.8. The molecule has 4 rings (SSSR count). The van der Waals surface area contributed by atoms with Crippen LogP contribution in [0.2, 0.25) is 0 Å². The molecule has 1 amide bonds. The molecule has 0 saturated heterocycles. The van der Waals surface area contributed by atoms with E-state index in [0.29, 0.717) is 40.9 Å². The molecule has 0 aliphatic rings. The summed E-state index contributed by atoms with van der Waals surface area (Å²) in [6.45, 7) is 10.5. The molecule has 0 saturated carbocycles. The average Bonchev–Trinajstić information content (AvgIpc) is 2.92. The van der Waals surface area contributed by atoms with Crippen LogP contribution in [0, 0.1) is 6.92 Å². The Balaban J connectivity index is 1.92. The number of nitrogens with two attached hydrogens (primary N) is 1. The van der Waals surface area contributed by atoms with Crippen molar-refractivity contribution in [1.29, 1.82) is 0 Å². The summed E-state index contributed by atoms with van der Waals surface area (Å²) in [6.07, 6.45) is 4.27. The van der Waals surface area contributed by atoms with Gasteiger partial charge in [0.25, 0.3) is 11.5 Å². The summed E-state index contributed by atoms with van der Waals surface area (Å²) < 4.78 is 1.55. The number of hydrogen-bond acceptors (Lipinski definition) is 4. The molecule has 0 spiro atoms. The van der Waals surface area contributed by atoms with Crippen LogP contribution in [-0.4, -0.2) is 33.3 Å². The number of benzene rings is 2. The second-order valence-corrected chi connectivity index (χ2v) is 9.17. The molecular weight excluding hydrogens is 460 g/mol. The number of aryl methyl sites for hydroxylation is 1. The fourth-order valence-corrected chi connectivity index (χ4v) is 4.42. The number of aromatic nitrogens is 2. The molecule has 2 heterocycles. The van der Waals surface area contributed by atoms with Gasteiger partial charge in [-0.15, -0.1) is 6.58 Å². The van der Waals surface area contributed by atoms with Crippen molar-refractivity contribution in [3.63, 3.8) is 0 Å². The number of amides is 1. The van der Waals surface area contributed by atoms with Crippen molar-refractivity contribution in [3.05, 3.63) is 142 Å². The van der Waals surface area contributed by atoms with E-state index in [9.17, 15) is 9.59 Å². The summed E-state index contributed by atoms with van der Waals surface area (Å²) >= 11 is 0. The molecule has 0 fully saturated rings. The Hall–Kier alpha value is -4.29. The zero-order chi connectivity index (χ0) is 26.4. The summed E-state index contributed by atoms with van der Waals surface area (Å²) in [4.78, 5) is 34.4. The number of fused-ring (bicyclic) bond motifs is 1. The van der Waals surface area contributed by atoms with Crippen molar-refractivity contribution in [2.75, 3.05) is 13.1 Å². The standard InChI is InChI=1S/C31H32N4O2/c1-4-10-27(35(21-23(3)20-32)30(36)25-16-14-22(2)15-17-25)29-26(19-24-11-6-5-7-12-24)31(37)34-18-9-8-13-28(34)33-29/h4-9,11-18,27H,1,3,10,19-21,32H2,2H3. The summed E-state index contributed by atoms with van der Waals surface area (Å²) in [5.41, 5.74) is 10.7. The number of pyridine rings is 1. The lowest BCUT2D eigenvalue weighted by Crippen LogP contribution is -2.39. The van der Waals surface area contributed by atoms with E-state index in [2.05, 4.69) is 13.2 Å². The molecule has 2 aromatic heterocycles. The van der Waals surface area contributed by atoms with Crippen molar-refractivity contribution in [3.8, 4) is 0 Å². The Bertz CT molecular complexity index is 1470. The molecule has 0 aliphatic carbocycles. The van der Waals surface area contributed by atoms with Gasteiger partial charge in [-0.3, -0.25) is 14.0 Å². The number of carbonyl (C=O) groups excluding carboxylic acids is 1. The van der Waals surface area contributed by atoms with E-state index in [1.54, 1.807) is 27.6 Å². The Morgan fingerprint density at radius 2 is 1.78 bits per heavy atom. The quantitative estimate of drug-likeness (QED) is 0.320. The molecule has 6 heteroatoms. The molecule has 188 valence electrons. The maximum atomic E-state index is 13.9. The average molecular weight is 493 g/mol. The van der Waals surface area contributed by atoms with Crippen molar-refractivity contribution >= 4 is 11.6 Å². The van der Waals surface area contributed by atoms with Crippen molar-refractivity contribution < 1.29 is 4.79 Å². The van der Waals surface area contributed by atoms with Crippen LogP contribution in [0.25, 0.3) is 5.65 Å². The monoisotopic (exact) mass is 492 g/mol. The van der Waals surface area contributed by atoms with Crippen LogP contribution in [-0.2, 0) is 6.42 Å². The van der Waals surface area contributed by atoms with Crippen LogP contribution in [0.15, 0.2) is 109 Å². The predicted molar refractivity (Wildman–Crippen MR) is 149 cm³/mol. The van der Waals surface area contributed by atoms with E-state index in [1.807, 2.05) is 73.7 Å². The van der Waals surface area contributed by atoms with Gasteiger partial charge in [0.2, 0.25) is 0 Å². The van der Waals surface area contributed by atoms with Crippen LogP contribution in [0.4, 0.5) is 0 Å². The molecule has 37 heavy (non-hydrogen) atoms. The number of rotatable bonds is 10. The van der Waals surface area contributed by atoms with Gasteiger partial charge < -0.3 is 10.6 Å². The molecule has 0 aliphatic heterocycles. The lowest BCUT2D eigenvalue weighted by Gasteiger charge is -2.33. The highest BCUT2D eigenvalue weighted by molar-refractivity contribution is 5.94. The van der Waals surface area contributed by atoms with E-state index in [0.717, 1.165) is 11.1 Å². The maximum absolute atomic E-state index is 13.9. The van der Waals surface area contributed by atoms with Crippen LogP contribution in [0.3, 0.4) is 0 Å². The third kappa shape index (κ3) is 5.76. The maximum Gasteiger partial charge on any atom is 0.261 e. The molecule has 6 nitrogen and oxygen atoms in total. The topological polar surface area (TPSA) is 80.7 Å². The Morgan fingerprint density at radius 1 is 1.08 bits per heavy atom. The highest BCUT2D eigenvalue weighted by Crippen LogP contribution is 2.29. The first-order valence-corrected chi connectivity index (χ1v) is 12.3. The molecular formula is C31H32N4O2. The van der Waals surface area contributed by atoms with Crippen LogP contribution in [0.1, 0.15) is 45.2 Å². The van der Waals surface area contributed by atoms with Gasteiger partial charge in [0.1, 0.15) is 5.65 Å². The van der Waals surface area contributed by atoms with Crippen molar-refractivity contribution in [2.24, 2.45) is 5.73 Å². The van der Waals surface area contributed by atoms with Gasteiger partial charge in [-0.2, -0.15) is 0 Å². The van der Waals surface area contributed by atoms with Gasteiger partial charge in [0.05, 0.1) is 11.7 Å². The Labute approximate surface area is 217 Å². The number of carbonyl (C=O) groups is 1. The van der Waals surface area contributed by atoms with Crippen LogP contribution < -0.4 is 11.3 Å². The summed E-state index contributed by atoms with van der Waals surface area (Å²) in [7, 11) is 0. The highest BCUT2D eigenvalue weighted by Gasteiger charge is 2.30. The molecule has 0 bridgehead atoms. The predicted octanol–water partition coefficient (Wildman–Crippen LogP) is 4.87. The van der Waals surface area contributed by atoms with Gasteiger partial charge >= 0.3 is 0 Å². The second-order valence-electron chi connectivity index (χ2n) is 9.17. The Morgan fingerprint density at radius 3 is 2.46 bits per heavy atom. The molecule has 2 N–H and O–H groups in total. The largest absolute Gasteiger partial charge is 0.327 e. The minimum absolute atomic E-state index is 0.154. The Kier molecular flexibility index (Phi) is 8.11. The smallest absolute Gasteiger partial charge is 0.261 e. The van der Waals surface area contributed by atoms with Crippen LogP contribution >= 0.6 is 0 Å². The minimum atomic E-state index is -0.536. The fourth-order valence-electron chi connectivity index (χ4n) is 4.42. The lowest BCUT2D eigenvalue weighted by molar-refractivity contribution is 0.0692. The third-order valence-corrected chi connectivity index (χ3v) is 6.41. The van der Waals surface area contributed by atoms with Gasteiger partial charge in [-0.25, -0.2) is 4.98 Å². The normalized spacial score (nSPS) is 11.7. The number of nitrogens with zero attached hydrogens (tertiary/aromatic N) is 3. The number of hydrogen-bond donors (Lipinski definition) is 1. The molecule has 1 unspecified atom stereocenters. The fraction of sp³-hybridized carbons (Fsp3) is 0.194. The first-order chi connectivity index (χ1) is 17.9. The second kappa shape index (κ2) is 11.6. The van der Waals surface area contributed by atoms with Gasteiger partial charge in [0, 0.05) is 36.8 Å².